The van der Waals surface area contributed by atoms with E-state index in [-0.39, 0.29) is 0 Å². The fourth-order valence-corrected chi connectivity index (χ4v) is 9.30. The number of hydrogen-bond acceptors (Lipinski definition) is 4. The van der Waals surface area contributed by atoms with Crippen LogP contribution in [0.15, 0.2) is 127 Å². The van der Waals surface area contributed by atoms with Gasteiger partial charge in [0.25, 0.3) is 0 Å². The zero-order valence-corrected chi connectivity index (χ0v) is 24.4. The summed E-state index contributed by atoms with van der Waals surface area (Å²) >= 11 is 3.73. The van der Waals surface area contributed by atoms with E-state index >= 15 is 0 Å². The molecule has 10 aromatic rings. The third-order valence-corrected chi connectivity index (χ3v) is 11.1. The van der Waals surface area contributed by atoms with Crippen LogP contribution in [0.3, 0.4) is 0 Å². The second-order valence-electron chi connectivity index (χ2n) is 10.9. The minimum Gasteiger partial charge on any atom is -0.275 e. The monoisotopic (exact) mass is 583 g/mol. The van der Waals surface area contributed by atoms with Crippen LogP contribution >= 0.6 is 22.7 Å². The van der Waals surface area contributed by atoms with Gasteiger partial charge in [0.1, 0.15) is 0 Å². The maximum absolute atomic E-state index is 5.52. The fourth-order valence-electron chi connectivity index (χ4n) is 6.79. The molecule has 10 rings (SSSR count). The summed E-state index contributed by atoms with van der Waals surface area (Å²) in [5, 5.41) is 8.31. The number of aromatic nitrogens is 3. The van der Waals surface area contributed by atoms with E-state index in [2.05, 4.69) is 132 Å². The molecule has 3 nitrogen and oxygen atoms in total. The number of nitrogens with zero attached hydrogens (tertiary/aromatic N) is 3. The van der Waals surface area contributed by atoms with Crippen LogP contribution in [0, 0.1) is 0 Å². The molecule has 0 aliphatic rings. The van der Waals surface area contributed by atoms with Crippen molar-refractivity contribution in [3.63, 3.8) is 0 Å². The summed E-state index contributed by atoms with van der Waals surface area (Å²) in [6, 6.07) is 45.3. The summed E-state index contributed by atoms with van der Waals surface area (Å²) in [6.07, 6.45) is 0. The summed E-state index contributed by atoms with van der Waals surface area (Å²) in [5.41, 5.74) is 5.40. The zero-order chi connectivity index (χ0) is 28.1. The first-order chi connectivity index (χ1) is 21.3. The third kappa shape index (κ3) is 3.18. The Morgan fingerprint density at radius 3 is 1.56 bits per heavy atom. The van der Waals surface area contributed by atoms with E-state index in [4.69, 9.17) is 9.97 Å². The van der Waals surface area contributed by atoms with Crippen molar-refractivity contribution in [2.75, 3.05) is 0 Å². The molecule has 0 spiro atoms. The number of thiophene rings is 2. The van der Waals surface area contributed by atoms with Gasteiger partial charge in [0, 0.05) is 36.5 Å². The van der Waals surface area contributed by atoms with Gasteiger partial charge in [0.05, 0.1) is 31.6 Å². The summed E-state index contributed by atoms with van der Waals surface area (Å²) in [7, 11) is 0. The van der Waals surface area contributed by atoms with Gasteiger partial charge in [0.2, 0.25) is 5.95 Å². The molecule has 200 valence electrons. The highest BCUT2D eigenvalue weighted by atomic mass is 32.1. The van der Waals surface area contributed by atoms with Gasteiger partial charge in [-0.25, -0.2) is 9.97 Å². The van der Waals surface area contributed by atoms with Crippen molar-refractivity contribution in [3.8, 4) is 17.2 Å². The molecule has 0 aliphatic carbocycles. The van der Waals surface area contributed by atoms with E-state index in [1.807, 2.05) is 22.7 Å². The minimum absolute atomic E-state index is 0.707. The highest BCUT2D eigenvalue weighted by molar-refractivity contribution is 7.33. The van der Waals surface area contributed by atoms with Gasteiger partial charge in [-0.05, 0) is 28.3 Å². The molecule has 0 amide bonds. The van der Waals surface area contributed by atoms with Crippen molar-refractivity contribution in [2.45, 2.75) is 0 Å². The van der Waals surface area contributed by atoms with Gasteiger partial charge in [-0.1, -0.05) is 115 Å². The third-order valence-electron chi connectivity index (χ3n) is 8.61. The SMILES string of the molecule is c1ccc(-c2nc(-n3c4c5ccccc5sc4c4sc5ccccc5c43)nc3c4ccccc4c4ccccc4c23)cc1. The first-order valence-corrected chi connectivity index (χ1v) is 16.0. The van der Waals surface area contributed by atoms with Gasteiger partial charge < -0.3 is 0 Å². The van der Waals surface area contributed by atoms with Gasteiger partial charge in [0.15, 0.2) is 0 Å². The van der Waals surface area contributed by atoms with E-state index in [0.717, 1.165) is 27.5 Å². The topological polar surface area (TPSA) is 30.7 Å². The van der Waals surface area contributed by atoms with Gasteiger partial charge in [-0.3, -0.25) is 4.57 Å². The molecule has 4 heterocycles. The van der Waals surface area contributed by atoms with E-state index in [0.29, 0.717) is 5.95 Å². The largest absolute Gasteiger partial charge is 0.275 e. The van der Waals surface area contributed by atoms with Crippen molar-refractivity contribution in [2.24, 2.45) is 0 Å². The predicted molar refractivity (Wildman–Crippen MR) is 185 cm³/mol. The Kier molecular flexibility index (Phi) is 4.75. The Morgan fingerprint density at radius 2 is 0.930 bits per heavy atom. The van der Waals surface area contributed by atoms with Crippen molar-refractivity contribution < 1.29 is 0 Å². The van der Waals surface area contributed by atoms with Crippen LogP contribution in [-0.4, -0.2) is 14.5 Å². The minimum atomic E-state index is 0.707. The summed E-state index contributed by atoms with van der Waals surface area (Å²) in [5.74, 6) is 0.707. The van der Waals surface area contributed by atoms with Crippen molar-refractivity contribution in [1.82, 2.24) is 14.5 Å². The van der Waals surface area contributed by atoms with Crippen LogP contribution < -0.4 is 0 Å². The van der Waals surface area contributed by atoms with Crippen LogP contribution in [0.2, 0.25) is 0 Å². The van der Waals surface area contributed by atoms with Crippen LogP contribution in [0.1, 0.15) is 0 Å². The second-order valence-corrected chi connectivity index (χ2v) is 13.0. The van der Waals surface area contributed by atoms with Crippen molar-refractivity contribution >= 4 is 95.7 Å². The predicted octanol–water partition coefficient (Wildman–Crippen LogP) is 11.1. The van der Waals surface area contributed by atoms with E-state index in [1.54, 1.807) is 0 Å². The Hall–Kier alpha value is -5.10. The zero-order valence-electron chi connectivity index (χ0n) is 22.8. The Bertz CT molecular complexity index is 2640. The molecule has 0 unspecified atom stereocenters. The maximum atomic E-state index is 5.52. The number of fused-ring (bicyclic) bond motifs is 13. The molecule has 0 fully saturated rings. The summed E-state index contributed by atoms with van der Waals surface area (Å²) in [4.78, 5) is 11.0. The first kappa shape index (κ1) is 23.5. The van der Waals surface area contributed by atoms with Crippen molar-refractivity contribution in [3.05, 3.63) is 127 Å². The van der Waals surface area contributed by atoms with Crippen LogP contribution in [-0.2, 0) is 0 Å². The number of hydrogen-bond donors (Lipinski definition) is 0. The lowest BCUT2D eigenvalue weighted by atomic mass is 9.94. The molecule has 6 aromatic carbocycles. The standard InChI is InChI=1S/C38H21N3S2/c1-2-12-22(13-3-1)32-31-25-16-6-4-14-23(25)24-15-5-7-17-26(24)33(31)40-38(39-32)41-34-27-18-8-10-20-29(27)42-36(34)37-35(41)28-19-9-11-21-30(28)43-37/h1-21H. The Balaban J connectivity index is 1.47. The quantitative estimate of drug-likeness (QED) is 0.190. The van der Waals surface area contributed by atoms with Gasteiger partial charge in [-0.15, -0.1) is 22.7 Å². The molecule has 0 aliphatic heterocycles. The summed E-state index contributed by atoms with van der Waals surface area (Å²) in [6.45, 7) is 0. The average Bonchev–Trinajstić information content (AvgIpc) is 3.73. The number of benzene rings is 6. The van der Waals surface area contributed by atoms with Crippen molar-refractivity contribution in [1.29, 1.82) is 0 Å². The first-order valence-electron chi connectivity index (χ1n) is 14.4. The van der Waals surface area contributed by atoms with Gasteiger partial charge >= 0.3 is 0 Å². The molecular formula is C38H21N3S2. The molecule has 0 atom stereocenters. The highest BCUT2D eigenvalue weighted by Gasteiger charge is 2.25. The average molecular weight is 584 g/mol. The molecule has 0 saturated heterocycles. The van der Waals surface area contributed by atoms with E-state index in [1.165, 1.54) is 56.8 Å². The normalized spacial score (nSPS) is 12.2. The molecule has 5 heteroatoms. The lowest BCUT2D eigenvalue weighted by Gasteiger charge is -2.16. The van der Waals surface area contributed by atoms with Crippen LogP contribution in [0.25, 0.3) is 90.3 Å². The summed E-state index contributed by atoms with van der Waals surface area (Å²) < 4.78 is 7.50. The number of rotatable bonds is 2. The molecule has 0 N–H and O–H groups in total. The lowest BCUT2D eigenvalue weighted by molar-refractivity contribution is 1.02. The molecule has 0 radical (unpaired) electrons. The van der Waals surface area contributed by atoms with E-state index in [9.17, 15) is 0 Å². The molecule has 4 aromatic heterocycles. The molecular weight excluding hydrogens is 563 g/mol. The lowest BCUT2D eigenvalue weighted by Crippen LogP contribution is -2.04. The van der Waals surface area contributed by atoms with E-state index < -0.39 is 0 Å². The fraction of sp³-hybridized carbons (Fsp3) is 0. The maximum Gasteiger partial charge on any atom is 0.235 e. The Morgan fingerprint density at radius 1 is 0.442 bits per heavy atom. The Labute approximate surface area is 253 Å². The molecule has 43 heavy (non-hydrogen) atoms. The van der Waals surface area contributed by atoms with Crippen LogP contribution in [0.4, 0.5) is 0 Å². The molecule has 0 saturated carbocycles. The smallest absolute Gasteiger partial charge is 0.235 e. The molecule has 0 bridgehead atoms. The van der Waals surface area contributed by atoms with Gasteiger partial charge in [-0.2, -0.15) is 0 Å². The van der Waals surface area contributed by atoms with Crippen LogP contribution in [0.5, 0.6) is 0 Å². The highest BCUT2D eigenvalue weighted by Crippen LogP contribution is 2.48. The second kappa shape index (κ2) is 8.71.